The van der Waals surface area contributed by atoms with Gasteiger partial charge in [-0.15, -0.1) is 0 Å². The predicted octanol–water partition coefficient (Wildman–Crippen LogP) is 4.30. The molecular formula is C24H30N6O4. The number of aromatic nitrogens is 5. The Morgan fingerprint density at radius 1 is 1.21 bits per heavy atom. The van der Waals surface area contributed by atoms with Crippen molar-refractivity contribution in [1.29, 1.82) is 0 Å². The van der Waals surface area contributed by atoms with Gasteiger partial charge in [0.05, 0.1) is 23.4 Å². The third kappa shape index (κ3) is 5.32. The highest BCUT2D eigenvalue weighted by Crippen LogP contribution is 2.31. The predicted molar refractivity (Wildman–Crippen MR) is 124 cm³/mol. The van der Waals surface area contributed by atoms with Gasteiger partial charge in [0.2, 0.25) is 5.95 Å². The molecule has 0 bridgehead atoms. The summed E-state index contributed by atoms with van der Waals surface area (Å²) in [7, 11) is 0. The number of carboxylic acid groups (broad SMARTS) is 1. The van der Waals surface area contributed by atoms with Crippen molar-refractivity contribution < 1.29 is 19.2 Å². The second kappa shape index (κ2) is 10.1. The van der Waals surface area contributed by atoms with Gasteiger partial charge in [0.15, 0.2) is 5.76 Å². The Hall–Kier alpha value is -3.56. The molecule has 10 heteroatoms. The highest BCUT2D eigenvalue weighted by molar-refractivity contribution is 5.70. The summed E-state index contributed by atoms with van der Waals surface area (Å²) < 4.78 is 11.7. The van der Waals surface area contributed by atoms with Crippen molar-refractivity contribution in [2.75, 3.05) is 5.32 Å². The van der Waals surface area contributed by atoms with Crippen LogP contribution in [0.25, 0.3) is 11.5 Å². The topological polar surface area (TPSA) is 136 Å². The summed E-state index contributed by atoms with van der Waals surface area (Å²) in [5.74, 6) is 1.54. The van der Waals surface area contributed by atoms with Gasteiger partial charge in [-0.05, 0) is 51.7 Å². The molecule has 2 atom stereocenters. The van der Waals surface area contributed by atoms with Crippen LogP contribution in [0.2, 0.25) is 0 Å². The normalized spacial score (nSPS) is 18.1. The van der Waals surface area contributed by atoms with Gasteiger partial charge in [0.1, 0.15) is 23.6 Å². The Labute approximate surface area is 198 Å². The van der Waals surface area contributed by atoms with E-state index in [9.17, 15) is 9.90 Å². The van der Waals surface area contributed by atoms with E-state index in [0.29, 0.717) is 48.2 Å². The Bertz CT molecular complexity index is 1160. The van der Waals surface area contributed by atoms with Gasteiger partial charge in [0.25, 0.3) is 0 Å². The van der Waals surface area contributed by atoms with Crippen LogP contribution in [0.4, 0.5) is 5.95 Å². The average molecular weight is 467 g/mol. The number of pyridine rings is 1. The van der Waals surface area contributed by atoms with Crippen LogP contribution in [-0.4, -0.2) is 42.3 Å². The Morgan fingerprint density at radius 2 is 2.03 bits per heavy atom. The maximum atomic E-state index is 11.3. The summed E-state index contributed by atoms with van der Waals surface area (Å²) in [4.78, 5) is 28.9. The van der Waals surface area contributed by atoms with Gasteiger partial charge in [-0.1, -0.05) is 19.0 Å². The molecule has 1 aliphatic carbocycles. The number of nitrogens with zero attached hydrogens (tertiary/aromatic N) is 5. The van der Waals surface area contributed by atoms with Crippen LogP contribution < -0.4 is 10.1 Å². The molecule has 3 heterocycles. The molecule has 1 saturated carbocycles. The fourth-order valence-corrected chi connectivity index (χ4v) is 4.09. The third-order valence-corrected chi connectivity index (χ3v) is 6.05. The van der Waals surface area contributed by atoms with Gasteiger partial charge < -0.3 is 19.7 Å². The Morgan fingerprint density at radius 3 is 2.76 bits per heavy atom. The first kappa shape index (κ1) is 23.6. The van der Waals surface area contributed by atoms with Crippen molar-refractivity contribution in [2.45, 2.75) is 71.9 Å². The number of rotatable bonds is 8. The molecule has 2 unspecified atom stereocenters. The van der Waals surface area contributed by atoms with Crippen LogP contribution in [0.5, 0.6) is 5.75 Å². The van der Waals surface area contributed by atoms with E-state index in [-0.39, 0.29) is 17.9 Å². The van der Waals surface area contributed by atoms with E-state index >= 15 is 0 Å². The van der Waals surface area contributed by atoms with Crippen molar-refractivity contribution in [2.24, 2.45) is 5.92 Å². The molecule has 3 aromatic heterocycles. The molecule has 34 heavy (non-hydrogen) atoms. The first-order chi connectivity index (χ1) is 16.3. The number of carboxylic acids is 1. The van der Waals surface area contributed by atoms with Gasteiger partial charge in [0, 0.05) is 18.0 Å². The van der Waals surface area contributed by atoms with Crippen molar-refractivity contribution in [1.82, 2.24) is 25.1 Å². The van der Waals surface area contributed by atoms with Crippen LogP contribution in [0.15, 0.2) is 23.0 Å². The fraction of sp³-hybridized carbons (Fsp3) is 0.500. The summed E-state index contributed by atoms with van der Waals surface area (Å²) in [6.45, 7) is 8.23. The monoisotopic (exact) mass is 466 g/mol. The quantitative estimate of drug-likeness (QED) is 0.494. The van der Waals surface area contributed by atoms with E-state index < -0.39 is 5.97 Å². The van der Waals surface area contributed by atoms with Crippen molar-refractivity contribution in [3.8, 4) is 17.2 Å². The maximum Gasteiger partial charge on any atom is 0.306 e. The number of aryl methyl sites for hydroxylation is 2. The molecule has 3 aromatic rings. The van der Waals surface area contributed by atoms with Gasteiger partial charge in [-0.25, -0.2) is 15.0 Å². The van der Waals surface area contributed by atoms with Crippen LogP contribution in [0.3, 0.4) is 0 Å². The first-order valence-electron chi connectivity index (χ1n) is 11.6. The van der Waals surface area contributed by atoms with E-state index in [0.717, 1.165) is 29.9 Å². The zero-order chi connectivity index (χ0) is 24.2. The van der Waals surface area contributed by atoms with Gasteiger partial charge in [-0.2, -0.15) is 4.98 Å². The first-order valence-corrected chi connectivity index (χ1v) is 11.6. The molecule has 0 aliphatic heterocycles. The summed E-state index contributed by atoms with van der Waals surface area (Å²) in [5, 5.41) is 16.7. The molecule has 4 rings (SSSR count). The van der Waals surface area contributed by atoms with Crippen molar-refractivity contribution >= 4 is 11.9 Å². The minimum atomic E-state index is -0.752. The average Bonchev–Trinajstić information content (AvgIpc) is 3.19. The van der Waals surface area contributed by atoms with E-state index in [2.05, 4.69) is 30.4 Å². The van der Waals surface area contributed by atoms with Crippen molar-refractivity contribution in [3.63, 3.8) is 0 Å². The van der Waals surface area contributed by atoms with Gasteiger partial charge >= 0.3 is 5.97 Å². The number of hydrogen-bond acceptors (Lipinski definition) is 9. The number of ether oxygens (including phenoxy) is 1. The van der Waals surface area contributed by atoms with Crippen LogP contribution in [0.1, 0.15) is 68.2 Å². The number of nitrogens with one attached hydrogen (secondary N) is 1. The molecule has 0 saturated heterocycles. The lowest BCUT2D eigenvalue weighted by molar-refractivity contribution is -0.143. The second-order valence-corrected chi connectivity index (χ2v) is 8.97. The lowest BCUT2D eigenvalue weighted by atomic mass is 9.87. The Balaban J connectivity index is 1.48. The molecule has 10 nitrogen and oxygen atoms in total. The number of hydrogen-bond donors (Lipinski definition) is 2. The number of carbonyl (C=O) groups is 1. The van der Waals surface area contributed by atoms with Crippen LogP contribution in [-0.2, 0) is 11.3 Å². The molecule has 0 spiro atoms. The van der Waals surface area contributed by atoms with E-state index in [1.54, 1.807) is 0 Å². The summed E-state index contributed by atoms with van der Waals surface area (Å²) >= 11 is 0. The highest BCUT2D eigenvalue weighted by atomic mass is 16.5. The minimum Gasteiger partial charge on any atom is -0.489 e. The Kier molecular flexibility index (Phi) is 7.04. The lowest BCUT2D eigenvalue weighted by Gasteiger charge is -2.27. The highest BCUT2D eigenvalue weighted by Gasteiger charge is 2.28. The van der Waals surface area contributed by atoms with E-state index in [4.69, 9.17) is 9.26 Å². The molecule has 1 aliphatic rings. The molecular weight excluding hydrogens is 436 g/mol. The summed E-state index contributed by atoms with van der Waals surface area (Å²) in [6, 6.07) is 3.70. The second-order valence-electron chi connectivity index (χ2n) is 8.97. The zero-order valence-corrected chi connectivity index (χ0v) is 19.9. The largest absolute Gasteiger partial charge is 0.489 e. The smallest absolute Gasteiger partial charge is 0.306 e. The third-order valence-electron chi connectivity index (χ3n) is 6.05. The maximum absolute atomic E-state index is 11.3. The minimum absolute atomic E-state index is 0.121. The summed E-state index contributed by atoms with van der Waals surface area (Å²) in [6.07, 6.45) is 4.29. The molecule has 1 fully saturated rings. The molecule has 0 radical (unpaired) electrons. The lowest BCUT2D eigenvalue weighted by Crippen LogP contribution is -2.29. The van der Waals surface area contributed by atoms with Gasteiger partial charge in [-0.3, -0.25) is 4.79 Å². The molecule has 2 N–H and O–H groups in total. The van der Waals surface area contributed by atoms with Crippen LogP contribution in [0, 0.1) is 19.8 Å². The van der Waals surface area contributed by atoms with Crippen LogP contribution >= 0.6 is 0 Å². The van der Waals surface area contributed by atoms with E-state index in [1.165, 1.54) is 6.33 Å². The molecule has 0 aromatic carbocycles. The zero-order valence-electron chi connectivity index (χ0n) is 19.9. The van der Waals surface area contributed by atoms with Crippen molar-refractivity contribution in [3.05, 3.63) is 41.2 Å². The molecule has 0 amide bonds. The molecule has 180 valence electrons. The SMILES string of the molecule is Cc1nc(-c2onc(C)c2CNc2ncnc(C(C)C)n2)ccc1OC1CCCC(C(=O)O)C1. The number of aliphatic carboxylic acids is 1. The standard InChI is InChI=1S/C24H30N6O4/c1-13(2)22-26-12-27-24(29-22)25-11-18-14(3)30-34-21(18)19-8-9-20(15(4)28-19)33-17-7-5-6-16(10-17)23(31)32/h8-9,12-13,16-17H,5-7,10-11H2,1-4H3,(H,31,32)(H,25,26,27,29). The fourth-order valence-electron chi connectivity index (χ4n) is 4.09. The summed E-state index contributed by atoms with van der Waals surface area (Å²) in [5.41, 5.74) is 2.97. The number of anilines is 1. The van der Waals surface area contributed by atoms with E-state index in [1.807, 2.05) is 39.8 Å².